The smallest absolute Gasteiger partial charge is 0.330 e. The van der Waals surface area contributed by atoms with Gasteiger partial charge in [-0.25, -0.2) is 10.2 Å². The van der Waals surface area contributed by atoms with Crippen molar-refractivity contribution in [2.24, 2.45) is 10.8 Å². The van der Waals surface area contributed by atoms with Crippen LogP contribution in [0.4, 0.5) is 0 Å². The highest BCUT2D eigenvalue weighted by Crippen LogP contribution is 2.34. The van der Waals surface area contributed by atoms with Gasteiger partial charge in [-0.1, -0.05) is 0 Å². The molecule has 37 heavy (non-hydrogen) atoms. The Kier molecular flexibility index (Phi) is 7.97. The van der Waals surface area contributed by atoms with Gasteiger partial charge in [0, 0.05) is 37.5 Å². The van der Waals surface area contributed by atoms with Gasteiger partial charge in [-0.05, 0) is 6.08 Å². The number of nitrogens with one attached hydrogen (secondary N) is 2. The van der Waals surface area contributed by atoms with Crippen molar-refractivity contribution in [2.75, 3.05) is 12.9 Å². The van der Waals surface area contributed by atoms with Crippen LogP contribution in [0.5, 0.6) is 0 Å². The van der Waals surface area contributed by atoms with E-state index in [1.165, 1.54) is 19.1 Å². The molecule has 1 saturated heterocycles. The maximum absolute atomic E-state index is 12.5. The zero-order chi connectivity index (χ0) is 26.9. The lowest BCUT2D eigenvalue weighted by Crippen LogP contribution is -2.54. The molecule has 3 aliphatic rings. The third kappa shape index (κ3) is 5.54. The summed E-state index contributed by atoms with van der Waals surface area (Å²) in [5.74, 6) is -1.89. The number of ether oxygens (including phenoxy) is 4. The van der Waals surface area contributed by atoms with Crippen LogP contribution in [0.3, 0.4) is 0 Å². The predicted molar refractivity (Wildman–Crippen MR) is 122 cm³/mol. The normalized spacial score (nSPS) is 32.1. The Bertz CT molecular complexity index is 1200. The molecule has 0 aromatic carbocycles. The van der Waals surface area contributed by atoms with Crippen molar-refractivity contribution in [1.29, 1.82) is 0 Å². The molecule has 3 aliphatic heterocycles. The average molecular weight is 544 g/mol. The van der Waals surface area contributed by atoms with E-state index in [0.717, 1.165) is 27.4 Å². The summed E-state index contributed by atoms with van der Waals surface area (Å²) in [5.41, 5.74) is 6.29. The van der Waals surface area contributed by atoms with Crippen LogP contribution < -0.4 is 22.4 Å². The minimum Gasteiger partial charge on any atom is -0.456 e. The Morgan fingerprint density at radius 2 is 2.08 bits per heavy atom. The third-order valence-corrected chi connectivity index (χ3v) is 6.31. The van der Waals surface area contributed by atoms with E-state index in [-0.39, 0.29) is 0 Å². The number of hydrazine groups is 1. The van der Waals surface area contributed by atoms with E-state index in [0.29, 0.717) is 5.75 Å². The monoisotopic (exact) mass is 544 g/mol. The Morgan fingerprint density at radius 3 is 2.70 bits per heavy atom. The summed E-state index contributed by atoms with van der Waals surface area (Å²) in [6.45, 7) is 0. The Labute approximate surface area is 211 Å². The fourth-order valence-corrected chi connectivity index (χ4v) is 4.39. The summed E-state index contributed by atoms with van der Waals surface area (Å²) in [4.78, 5) is 50.5. The van der Waals surface area contributed by atoms with E-state index >= 15 is 0 Å². The summed E-state index contributed by atoms with van der Waals surface area (Å²) in [6, 6.07) is 1.02. The van der Waals surface area contributed by atoms with Gasteiger partial charge in [-0.2, -0.15) is 5.10 Å². The first kappa shape index (κ1) is 26.8. The van der Waals surface area contributed by atoms with Crippen molar-refractivity contribution in [3.63, 3.8) is 0 Å². The molecule has 0 bridgehead atoms. The topological polar surface area (TPSA) is 240 Å². The molecule has 0 saturated carbocycles. The van der Waals surface area contributed by atoms with Crippen molar-refractivity contribution < 1.29 is 43.9 Å². The first-order valence-corrected chi connectivity index (χ1v) is 11.7. The second-order valence-electron chi connectivity index (χ2n) is 7.96. The number of nitrogens with two attached hydrogens (primary N) is 1. The van der Waals surface area contributed by atoms with Crippen LogP contribution in [0.1, 0.15) is 6.23 Å². The second kappa shape index (κ2) is 11.0. The number of rotatable bonds is 8. The number of aliphatic hydroxyl groups excluding tert-OH is 3. The minimum atomic E-state index is -1.79. The number of amides is 2. The largest absolute Gasteiger partial charge is 0.456 e. The molecular weight excluding hydrogens is 520 g/mol. The summed E-state index contributed by atoms with van der Waals surface area (Å²) >= 11 is 1.17. The number of primary amides is 1. The first-order valence-electron chi connectivity index (χ1n) is 10.7. The lowest BCUT2D eigenvalue weighted by Gasteiger charge is -2.35. The molecular formula is C19H24N6O11S. The molecule has 0 aliphatic carbocycles. The number of methoxy groups -OCH3 is 1. The molecule has 2 amide bonds. The van der Waals surface area contributed by atoms with Gasteiger partial charge in [-0.3, -0.25) is 23.9 Å². The quantitative estimate of drug-likeness (QED) is 0.170. The first-order chi connectivity index (χ1) is 17.6. The van der Waals surface area contributed by atoms with Crippen molar-refractivity contribution in [3.8, 4) is 0 Å². The van der Waals surface area contributed by atoms with E-state index in [4.69, 9.17) is 24.7 Å². The van der Waals surface area contributed by atoms with Crippen LogP contribution in [0.25, 0.3) is 0 Å². The van der Waals surface area contributed by atoms with Crippen molar-refractivity contribution in [3.05, 3.63) is 44.9 Å². The third-order valence-electron chi connectivity index (χ3n) is 5.58. The summed E-state index contributed by atoms with van der Waals surface area (Å²) < 4.78 is 23.9. The van der Waals surface area contributed by atoms with Gasteiger partial charge in [-0.15, -0.1) is 4.52 Å². The Hall–Kier alpha value is -3.26. The van der Waals surface area contributed by atoms with E-state index in [9.17, 15) is 34.5 Å². The lowest BCUT2D eigenvalue weighted by atomic mass is 10.0. The van der Waals surface area contributed by atoms with E-state index in [2.05, 4.69) is 10.5 Å². The van der Waals surface area contributed by atoms with E-state index in [1.807, 2.05) is 4.98 Å². The highest BCUT2D eigenvalue weighted by Gasteiger charge is 2.52. The molecule has 18 heteroatoms. The SMILES string of the molecule is CO[C@H]1[C@@H](O)[C@H](n2ccc(=O)[nH]c2=O)O[C@@H]1[C@@H](O[C@H]1OC(C(=O)NN2N=CCS2)=C[C@H](O)[C@@H]1O)C(N)=O. The maximum atomic E-state index is 12.5. The molecule has 202 valence electrons. The van der Waals surface area contributed by atoms with Crippen LogP contribution >= 0.6 is 11.9 Å². The molecule has 0 spiro atoms. The van der Waals surface area contributed by atoms with Crippen LogP contribution in [-0.2, 0) is 28.5 Å². The number of hydrazone groups is 1. The molecule has 1 aromatic rings. The van der Waals surface area contributed by atoms with Gasteiger partial charge < -0.3 is 40.0 Å². The van der Waals surface area contributed by atoms with Crippen molar-refractivity contribution in [1.82, 2.24) is 19.5 Å². The fraction of sp³-hybridized carbons (Fsp3) is 0.526. The molecule has 17 nitrogen and oxygen atoms in total. The number of aromatic nitrogens is 2. The van der Waals surface area contributed by atoms with Gasteiger partial charge in [0.05, 0.1) is 5.75 Å². The number of nitrogens with zero attached hydrogens (tertiary/aromatic N) is 3. The summed E-state index contributed by atoms with van der Waals surface area (Å²) in [7, 11) is 1.19. The van der Waals surface area contributed by atoms with Gasteiger partial charge in [0.2, 0.25) is 12.2 Å². The van der Waals surface area contributed by atoms with Gasteiger partial charge in [0.1, 0.15) is 30.5 Å². The zero-order valence-electron chi connectivity index (χ0n) is 19.1. The van der Waals surface area contributed by atoms with Crippen molar-refractivity contribution in [2.45, 2.75) is 49.1 Å². The summed E-state index contributed by atoms with van der Waals surface area (Å²) in [5, 5.41) is 35.2. The Morgan fingerprint density at radius 1 is 1.32 bits per heavy atom. The Balaban J connectivity index is 1.54. The molecule has 4 rings (SSSR count). The molecule has 1 aromatic heterocycles. The van der Waals surface area contributed by atoms with Gasteiger partial charge in [0.15, 0.2) is 18.1 Å². The van der Waals surface area contributed by atoms with Crippen LogP contribution in [0.15, 0.2) is 38.8 Å². The fourth-order valence-electron chi connectivity index (χ4n) is 3.84. The molecule has 0 radical (unpaired) electrons. The minimum absolute atomic E-state index is 0.443. The van der Waals surface area contributed by atoms with E-state index < -0.39 is 78.0 Å². The van der Waals surface area contributed by atoms with Crippen LogP contribution in [0.2, 0.25) is 0 Å². The standard InChI is InChI=1S/C19H24N6O11S/c1-33-12-11(29)17(24-4-2-9(27)22-19(24)32)35-13(12)14(15(20)30)36-18-10(28)7(26)6-8(34-18)16(31)23-25-21-3-5-37-25/h2-4,6-7,10-14,17-18,26,28-29H,5H2,1H3,(H2,20,30)(H,23,31)(H,22,27,32)/t7-,10-,11+,12-,13-,14+,17+,18+/m0/s1. The number of H-pyrrole nitrogens is 1. The number of hydrogen-bond donors (Lipinski definition) is 6. The molecule has 7 N–H and O–H groups in total. The maximum Gasteiger partial charge on any atom is 0.330 e. The summed E-state index contributed by atoms with van der Waals surface area (Å²) in [6.07, 6.45) is -9.09. The number of aromatic amines is 1. The number of aliphatic hydroxyl groups is 3. The molecule has 0 unspecified atom stereocenters. The van der Waals surface area contributed by atoms with Gasteiger partial charge in [0.25, 0.3) is 5.56 Å². The number of hydrogen-bond acceptors (Lipinski definition) is 14. The van der Waals surface area contributed by atoms with Gasteiger partial charge >= 0.3 is 11.6 Å². The number of carbonyl (C=O) groups is 2. The van der Waals surface area contributed by atoms with E-state index in [1.54, 1.807) is 6.21 Å². The second-order valence-corrected chi connectivity index (χ2v) is 8.90. The highest BCUT2D eigenvalue weighted by atomic mass is 32.2. The average Bonchev–Trinajstić information content (AvgIpc) is 3.47. The van der Waals surface area contributed by atoms with Crippen LogP contribution in [-0.4, -0.2) is 103 Å². The highest BCUT2D eigenvalue weighted by molar-refractivity contribution is 7.97. The molecule has 4 heterocycles. The lowest BCUT2D eigenvalue weighted by molar-refractivity contribution is -0.241. The van der Waals surface area contributed by atoms with Crippen LogP contribution in [0, 0.1) is 0 Å². The number of carbonyl (C=O) groups excluding carboxylic acids is 2. The van der Waals surface area contributed by atoms with Crippen molar-refractivity contribution >= 4 is 30.0 Å². The predicted octanol–water partition coefficient (Wildman–Crippen LogP) is -4.38. The molecule has 8 atom stereocenters. The molecule has 1 fully saturated rings. The zero-order valence-corrected chi connectivity index (χ0v) is 19.9.